The number of aromatic nitrogens is 5. The Morgan fingerprint density at radius 3 is 2.62 bits per heavy atom. The Kier molecular flexibility index (Phi) is 5.10. The normalized spacial score (nSPS) is 10.8. The van der Waals surface area contributed by atoms with Crippen molar-refractivity contribution in [2.75, 3.05) is 4.90 Å². The largest absolute Gasteiger partial charge is 0.364 e. The summed E-state index contributed by atoms with van der Waals surface area (Å²) in [5.41, 5.74) is 3.59. The van der Waals surface area contributed by atoms with Gasteiger partial charge in [0.05, 0.1) is 12.7 Å². The lowest BCUT2D eigenvalue weighted by Crippen LogP contribution is -2.29. The molecule has 1 amide bonds. The number of halogens is 1. The van der Waals surface area contributed by atoms with E-state index in [-0.39, 0.29) is 18.2 Å². The minimum atomic E-state index is -0.487. The van der Waals surface area contributed by atoms with Crippen LogP contribution in [0.25, 0.3) is 22.5 Å². The number of benzene rings is 2. The lowest BCUT2D eigenvalue weighted by Gasteiger charge is -2.23. The fourth-order valence-electron chi connectivity index (χ4n) is 2.99. The molecule has 0 aliphatic heterocycles. The Balaban J connectivity index is 1.64. The maximum Gasteiger partial charge on any atom is 0.227 e. The van der Waals surface area contributed by atoms with Crippen molar-refractivity contribution in [3.8, 4) is 22.5 Å². The van der Waals surface area contributed by atoms with Gasteiger partial charge in [-0.2, -0.15) is 5.21 Å². The number of carbonyl (C=O) groups is 1. The number of anilines is 1. The molecule has 0 saturated heterocycles. The molecule has 2 heterocycles. The summed E-state index contributed by atoms with van der Waals surface area (Å²) in [5.74, 6) is -0.357. The van der Waals surface area contributed by atoms with E-state index < -0.39 is 5.82 Å². The zero-order valence-corrected chi connectivity index (χ0v) is 15.5. The zero-order valence-electron chi connectivity index (χ0n) is 15.5. The third kappa shape index (κ3) is 4.03. The Bertz CT molecular complexity index is 1090. The Morgan fingerprint density at radius 2 is 1.97 bits per heavy atom. The smallest absolute Gasteiger partial charge is 0.227 e. The fraction of sp³-hybridized carbons (Fsp3) is 0.150. The summed E-state index contributed by atoms with van der Waals surface area (Å²) < 4.78 is 19.1. The lowest BCUT2D eigenvalue weighted by molar-refractivity contribution is -0.118. The highest BCUT2D eigenvalue weighted by Crippen LogP contribution is 2.27. The molecule has 0 unspecified atom stereocenters. The summed E-state index contributed by atoms with van der Waals surface area (Å²) in [6.07, 6.45) is 3.48. The summed E-state index contributed by atoms with van der Waals surface area (Å²) in [6.45, 7) is 2.06. The molecule has 0 spiro atoms. The summed E-state index contributed by atoms with van der Waals surface area (Å²) >= 11 is 0. The molecule has 8 nitrogen and oxygen atoms in total. The van der Waals surface area contributed by atoms with Crippen molar-refractivity contribution >= 4 is 11.6 Å². The number of hydrogen-bond donors (Lipinski definition) is 1. The average molecular weight is 392 g/mol. The molecule has 4 aromatic rings. The van der Waals surface area contributed by atoms with Crippen LogP contribution in [-0.4, -0.2) is 31.7 Å². The molecule has 146 valence electrons. The number of H-pyrrole nitrogens is 1. The molecule has 1 N–H and O–H groups in total. The monoisotopic (exact) mass is 392 g/mol. The second-order valence-electron chi connectivity index (χ2n) is 6.38. The summed E-state index contributed by atoms with van der Waals surface area (Å²) in [5, 5.41) is 17.3. The first-order valence-electron chi connectivity index (χ1n) is 8.97. The van der Waals surface area contributed by atoms with Gasteiger partial charge < -0.3 is 9.42 Å². The van der Waals surface area contributed by atoms with E-state index in [1.54, 1.807) is 30.4 Å². The predicted molar refractivity (Wildman–Crippen MR) is 103 cm³/mol. The first-order valence-corrected chi connectivity index (χ1v) is 8.97. The van der Waals surface area contributed by atoms with Gasteiger partial charge in [0.2, 0.25) is 11.7 Å². The van der Waals surface area contributed by atoms with Crippen molar-refractivity contribution in [2.24, 2.45) is 0 Å². The van der Waals surface area contributed by atoms with E-state index in [0.717, 1.165) is 16.7 Å². The maximum atomic E-state index is 14.3. The SMILES string of the molecule is CCC(=O)N(Cc1ccc(-c2cnoc2)cc1)c1cc(F)cc(-c2nn[nH]n2)c1. The van der Waals surface area contributed by atoms with Crippen LogP contribution in [0, 0.1) is 5.82 Å². The van der Waals surface area contributed by atoms with Gasteiger partial charge in [-0.05, 0) is 34.5 Å². The van der Waals surface area contributed by atoms with E-state index in [0.29, 0.717) is 17.8 Å². The number of amides is 1. The molecule has 2 aromatic carbocycles. The number of nitrogens with one attached hydrogen (secondary N) is 1. The van der Waals surface area contributed by atoms with E-state index in [2.05, 4.69) is 25.8 Å². The highest BCUT2D eigenvalue weighted by Gasteiger charge is 2.18. The molecule has 29 heavy (non-hydrogen) atoms. The van der Waals surface area contributed by atoms with Gasteiger partial charge in [0.15, 0.2) is 0 Å². The molecule has 0 saturated carbocycles. The van der Waals surface area contributed by atoms with Gasteiger partial charge in [0.1, 0.15) is 12.1 Å². The van der Waals surface area contributed by atoms with Crippen molar-refractivity contribution < 1.29 is 13.7 Å². The van der Waals surface area contributed by atoms with E-state index >= 15 is 0 Å². The van der Waals surface area contributed by atoms with Gasteiger partial charge in [0, 0.05) is 23.2 Å². The average Bonchev–Trinajstić information content (AvgIpc) is 3.46. The standard InChI is InChI=1S/C20H17FN6O2/c1-2-19(28)27(11-13-3-5-14(6-4-13)16-10-22-29-12-16)18-8-15(7-17(21)9-18)20-23-25-26-24-20/h3-10,12H,2,11H2,1H3,(H,23,24,25,26). The number of carbonyl (C=O) groups excluding carboxylic acids is 1. The Morgan fingerprint density at radius 1 is 1.14 bits per heavy atom. The maximum absolute atomic E-state index is 14.3. The highest BCUT2D eigenvalue weighted by molar-refractivity contribution is 5.93. The molecule has 0 radical (unpaired) electrons. The molecule has 2 aromatic heterocycles. The number of nitrogens with zero attached hydrogens (tertiary/aromatic N) is 5. The van der Waals surface area contributed by atoms with Crippen molar-refractivity contribution in [1.82, 2.24) is 25.8 Å². The highest BCUT2D eigenvalue weighted by atomic mass is 19.1. The Labute approximate surface area is 165 Å². The molecule has 0 fully saturated rings. The number of hydrogen-bond acceptors (Lipinski definition) is 6. The van der Waals surface area contributed by atoms with Crippen LogP contribution >= 0.6 is 0 Å². The van der Waals surface area contributed by atoms with Crippen molar-refractivity contribution in [3.05, 3.63) is 66.3 Å². The van der Waals surface area contributed by atoms with Gasteiger partial charge in [-0.25, -0.2) is 4.39 Å². The van der Waals surface area contributed by atoms with Crippen LogP contribution in [0.4, 0.5) is 10.1 Å². The summed E-state index contributed by atoms with van der Waals surface area (Å²) in [7, 11) is 0. The second kappa shape index (κ2) is 8.01. The van der Waals surface area contributed by atoms with Crippen LogP contribution in [0.1, 0.15) is 18.9 Å². The molecule has 0 atom stereocenters. The van der Waals surface area contributed by atoms with Crippen molar-refractivity contribution in [1.29, 1.82) is 0 Å². The van der Waals surface area contributed by atoms with Gasteiger partial charge in [-0.1, -0.05) is 36.3 Å². The number of rotatable bonds is 6. The fourth-order valence-corrected chi connectivity index (χ4v) is 2.99. The van der Waals surface area contributed by atoms with Gasteiger partial charge in [0.25, 0.3) is 0 Å². The molecule has 0 aliphatic rings. The van der Waals surface area contributed by atoms with Crippen LogP contribution in [0.3, 0.4) is 0 Å². The van der Waals surface area contributed by atoms with E-state index in [4.69, 9.17) is 4.52 Å². The minimum absolute atomic E-state index is 0.127. The summed E-state index contributed by atoms with van der Waals surface area (Å²) in [6, 6.07) is 12.0. The zero-order chi connectivity index (χ0) is 20.2. The van der Waals surface area contributed by atoms with E-state index in [1.807, 2.05) is 24.3 Å². The first-order chi connectivity index (χ1) is 14.1. The third-order valence-corrected chi connectivity index (χ3v) is 4.46. The minimum Gasteiger partial charge on any atom is -0.364 e. The van der Waals surface area contributed by atoms with Crippen LogP contribution in [0.15, 0.2) is 59.4 Å². The summed E-state index contributed by atoms with van der Waals surface area (Å²) in [4.78, 5) is 14.2. The number of aromatic amines is 1. The molecule has 4 rings (SSSR count). The van der Waals surface area contributed by atoms with Gasteiger partial charge in [-0.15, -0.1) is 10.2 Å². The van der Waals surface area contributed by atoms with Crippen molar-refractivity contribution in [2.45, 2.75) is 19.9 Å². The van der Waals surface area contributed by atoms with Crippen LogP contribution in [-0.2, 0) is 11.3 Å². The van der Waals surface area contributed by atoms with E-state index in [9.17, 15) is 9.18 Å². The lowest BCUT2D eigenvalue weighted by atomic mass is 10.1. The molecule has 0 bridgehead atoms. The van der Waals surface area contributed by atoms with Crippen molar-refractivity contribution in [3.63, 3.8) is 0 Å². The van der Waals surface area contributed by atoms with Crippen LogP contribution < -0.4 is 4.90 Å². The molecule has 9 heteroatoms. The second-order valence-corrected chi connectivity index (χ2v) is 6.38. The third-order valence-electron chi connectivity index (χ3n) is 4.46. The Hall–Kier alpha value is -3.88. The van der Waals surface area contributed by atoms with Gasteiger partial charge >= 0.3 is 0 Å². The van der Waals surface area contributed by atoms with Gasteiger partial charge in [-0.3, -0.25) is 4.79 Å². The number of tetrazole rings is 1. The quantitative estimate of drug-likeness (QED) is 0.538. The first kappa shape index (κ1) is 18.5. The predicted octanol–water partition coefficient (Wildman–Crippen LogP) is 3.60. The van der Waals surface area contributed by atoms with Crippen LogP contribution in [0.5, 0.6) is 0 Å². The molecule has 0 aliphatic carbocycles. The topological polar surface area (TPSA) is 101 Å². The molecular weight excluding hydrogens is 375 g/mol. The molecular formula is C20H17FN6O2. The van der Waals surface area contributed by atoms with Crippen LogP contribution in [0.2, 0.25) is 0 Å². The van der Waals surface area contributed by atoms with E-state index in [1.165, 1.54) is 12.1 Å².